The Morgan fingerprint density at radius 1 is 0.933 bits per heavy atom. The van der Waals surface area contributed by atoms with Crippen molar-refractivity contribution in [2.75, 3.05) is 0 Å². The fourth-order valence-corrected chi connectivity index (χ4v) is 1.04. The maximum atomic E-state index is 3.69. The van der Waals surface area contributed by atoms with E-state index in [0.29, 0.717) is 0 Å². The zero-order valence-electron chi connectivity index (χ0n) is 12.7. The van der Waals surface area contributed by atoms with E-state index in [2.05, 4.69) is 20.4 Å². The van der Waals surface area contributed by atoms with E-state index in [1.807, 2.05) is 47.6 Å². The quantitative estimate of drug-likeness (QED) is 0.462. The van der Waals surface area contributed by atoms with E-state index in [-0.39, 0.29) is 0 Å². The summed E-state index contributed by atoms with van der Waals surface area (Å²) in [6, 6.07) is 0. The molecular weight excluding hydrogens is 180 g/mol. The summed E-state index contributed by atoms with van der Waals surface area (Å²) in [5.41, 5.74) is 0. The Morgan fingerprint density at radius 2 is 1.33 bits per heavy atom. The summed E-state index contributed by atoms with van der Waals surface area (Å²) < 4.78 is 0. The number of hydrogen-bond donors (Lipinski definition) is 0. The standard InChI is InChI=1S/C9H18.3C2H6/c1-4-6-8-9(3)7-5-2;3*1-2/h4,9H,1,5-8H2,2-3H3;3*1-2H3. The molecule has 1 unspecified atom stereocenters. The van der Waals surface area contributed by atoms with Crippen LogP contribution in [0.3, 0.4) is 0 Å². The van der Waals surface area contributed by atoms with Gasteiger partial charge in [-0.3, -0.25) is 0 Å². The normalized spacial score (nSPS) is 9.07. The van der Waals surface area contributed by atoms with Crippen molar-refractivity contribution in [2.24, 2.45) is 5.92 Å². The van der Waals surface area contributed by atoms with E-state index >= 15 is 0 Å². The Labute approximate surface area is 100 Å². The molecule has 0 nitrogen and oxygen atoms in total. The van der Waals surface area contributed by atoms with Gasteiger partial charge < -0.3 is 0 Å². The molecule has 0 aromatic carbocycles. The van der Waals surface area contributed by atoms with Gasteiger partial charge in [0.1, 0.15) is 0 Å². The molecule has 0 aliphatic rings. The molecule has 0 rings (SSSR count). The lowest BCUT2D eigenvalue weighted by Gasteiger charge is -2.05. The lowest BCUT2D eigenvalue weighted by Crippen LogP contribution is -1.91. The monoisotopic (exact) mass is 216 g/mol. The Hall–Kier alpha value is -0.260. The van der Waals surface area contributed by atoms with Crippen molar-refractivity contribution in [2.45, 2.75) is 81.1 Å². The molecular formula is C15H36. The topological polar surface area (TPSA) is 0 Å². The van der Waals surface area contributed by atoms with Crippen LogP contribution in [-0.2, 0) is 0 Å². The summed E-state index contributed by atoms with van der Waals surface area (Å²) in [6.45, 7) is 20.2. The lowest BCUT2D eigenvalue weighted by atomic mass is 10.0. The van der Waals surface area contributed by atoms with E-state index in [1.165, 1.54) is 25.7 Å². The minimum atomic E-state index is 0.896. The summed E-state index contributed by atoms with van der Waals surface area (Å²) in [4.78, 5) is 0. The molecule has 0 saturated carbocycles. The van der Waals surface area contributed by atoms with Crippen LogP contribution in [0.2, 0.25) is 0 Å². The molecule has 0 saturated heterocycles. The molecule has 0 radical (unpaired) electrons. The van der Waals surface area contributed by atoms with Crippen LogP contribution in [0, 0.1) is 5.92 Å². The molecule has 0 aliphatic heterocycles. The van der Waals surface area contributed by atoms with Crippen LogP contribution < -0.4 is 0 Å². The molecule has 1 atom stereocenters. The SMILES string of the molecule is C=CCCC(C)CCC.CC.CC.CC. The van der Waals surface area contributed by atoms with Crippen molar-refractivity contribution in [3.8, 4) is 0 Å². The highest BCUT2D eigenvalue weighted by Crippen LogP contribution is 2.11. The third-order valence-electron chi connectivity index (χ3n) is 1.65. The van der Waals surface area contributed by atoms with Crippen molar-refractivity contribution < 1.29 is 0 Å². The van der Waals surface area contributed by atoms with Gasteiger partial charge in [0.05, 0.1) is 0 Å². The predicted octanol–water partition coefficient (Wildman–Crippen LogP) is 6.47. The molecule has 0 amide bonds. The minimum Gasteiger partial charge on any atom is -0.103 e. The zero-order valence-corrected chi connectivity index (χ0v) is 12.7. The van der Waals surface area contributed by atoms with Crippen molar-refractivity contribution in [3.05, 3.63) is 12.7 Å². The first-order valence-electron chi connectivity index (χ1n) is 6.92. The summed E-state index contributed by atoms with van der Waals surface area (Å²) in [7, 11) is 0. The lowest BCUT2D eigenvalue weighted by molar-refractivity contribution is 0.491. The van der Waals surface area contributed by atoms with Gasteiger partial charge in [0.15, 0.2) is 0 Å². The molecule has 0 fully saturated rings. The van der Waals surface area contributed by atoms with Crippen molar-refractivity contribution in [3.63, 3.8) is 0 Å². The fraction of sp³-hybridized carbons (Fsp3) is 0.867. The Kier molecular flexibility index (Phi) is 59.9. The molecule has 96 valence electrons. The highest BCUT2D eigenvalue weighted by Gasteiger charge is 1.96. The van der Waals surface area contributed by atoms with Crippen LogP contribution in [0.15, 0.2) is 12.7 Å². The summed E-state index contributed by atoms with van der Waals surface area (Å²) in [5.74, 6) is 0.896. The van der Waals surface area contributed by atoms with E-state index in [4.69, 9.17) is 0 Å². The molecule has 0 aromatic heterocycles. The van der Waals surface area contributed by atoms with Crippen molar-refractivity contribution in [1.82, 2.24) is 0 Å². The molecule has 0 N–H and O–H groups in total. The fourth-order valence-electron chi connectivity index (χ4n) is 1.04. The van der Waals surface area contributed by atoms with Gasteiger partial charge >= 0.3 is 0 Å². The highest BCUT2D eigenvalue weighted by molar-refractivity contribution is 4.67. The first-order valence-corrected chi connectivity index (χ1v) is 6.92. The van der Waals surface area contributed by atoms with E-state index < -0.39 is 0 Å². The molecule has 0 heteroatoms. The average Bonchev–Trinajstić information content (AvgIpc) is 2.34. The van der Waals surface area contributed by atoms with Gasteiger partial charge in [0.25, 0.3) is 0 Å². The van der Waals surface area contributed by atoms with Crippen molar-refractivity contribution in [1.29, 1.82) is 0 Å². The molecule has 0 bridgehead atoms. The van der Waals surface area contributed by atoms with Gasteiger partial charge in [0, 0.05) is 0 Å². The third kappa shape index (κ3) is 41.7. The molecule has 0 heterocycles. The third-order valence-corrected chi connectivity index (χ3v) is 1.65. The molecule has 0 aromatic rings. The first-order chi connectivity index (χ1) is 7.31. The second-order valence-corrected chi connectivity index (χ2v) is 2.76. The largest absolute Gasteiger partial charge is 0.103 e. The van der Waals surface area contributed by atoms with Gasteiger partial charge in [-0.2, -0.15) is 0 Å². The van der Waals surface area contributed by atoms with E-state index in [1.54, 1.807) is 0 Å². The second-order valence-electron chi connectivity index (χ2n) is 2.76. The number of hydrogen-bond acceptors (Lipinski definition) is 0. The first kappa shape index (κ1) is 24.1. The van der Waals surface area contributed by atoms with Crippen LogP contribution in [0.25, 0.3) is 0 Å². The van der Waals surface area contributed by atoms with Crippen LogP contribution in [0.4, 0.5) is 0 Å². The summed E-state index contributed by atoms with van der Waals surface area (Å²) >= 11 is 0. The maximum absolute atomic E-state index is 3.69. The summed E-state index contributed by atoms with van der Waals surface area (Å²) in [5, 5.41) is 0. The minimum absolute atomic E-state index is 0.896. The van der Waals surface area contributed by atoms with Crippen LogP contribution in [0.5, 0.6) is 0 Å². The van der Waals surface area contributed by atoms with Gasteiger partial charge in [-0.1, -0.05) is 74.3 Å². The van der Waals surface area contributed by atoms with E-state index in [0.717, 1.165) is 5.92 Å². The summed E-state index contributed by atoms with van der Waals surface area (Å²) in [6.07, 6.45) is 7.19. The number of allylic oxidation sites excluding steroid dienone is 1. The van der Waals surface area contributed by atoms with Gasteiger partial charge in [0.2, 0.25) is 0 Å². The average molecular weight is 216 g/mol. The Morgan fingerprint density at radius 3 is 1.60 bits per heavy atom. The molecule has 15 heavy (non-hydrogen) atoms. The number of rotatable bonds is 5. The van der Waals surface area contributed by atoms with Crippen LogP contribution >= 0.6 is 0 Å². The Balaban J connectivity index is -0.0000000860. The van der Waals surface area contributed by atoms with E-state index in [9.17, 15) is 0 Å². The van der Waals surface area contributed by atoms with Crippen LogP contribution in [0.1, 0.15) is 81.1 Å². The zero-order chi connectivity index (χ0) is 13.1. The van der Waals surface area contributed by atoms with Gasteiger partial charge in [-0.25, -0.2) is 0 Å². The predicted molar refractivity (Wildman–Crippen MR) is 77.5 cm³/mol. The molecule has 0 aliphatic carbocycles. The molecule has 0 spiro atoms. The maximum Gasteiger partial charge on any atom is -0.0351 e. The van der Waals surface area contributed by atoms with Gasteiger partial charge in [-0.15, -0.1) is 6.58 Å². The highest BCUT2D eigenvalue weighted by atomic mass is 14.0. The van der Waals surface area contributed by atoms with Gasteiger partial charge in [-0.05, 0) is 18.8 Å². The Bertz CT molecular complexity index is 64.4. The van der Waals surface area contributed by atoms with Crippen molar-refractivity contribution >= 4 is 0 Å². The smallest absolute Gasteiger partial charge is 0.0351 e. The second kappa shape index (κ2) is 37.2. The van der Waals surface area contributed by atoms with Crippen LogP contribution in [-0.4, -0.2) is 0 Å².